The lowest BCUT2D eigenvalue weighted by molar-refractivity contribution is -0.137. The maximum absolute atomic E-state index is 12.6. The minimum atomic E-state index is -4.33. The third kappa shape index (κ3) is 3.43. The van der Waals surface area contributed by atoms with Gasteiger partial charge in [-0.1, -0.05) is 19.1 Å². The zero-order chi connectivity index (χ0) is 17.5. The first kappa shape index (κ1) is 17.3. The van der Waals surface area contributed by atoms with Gasteiger partial charge in [0.2, 0.25) is 5.91 Å². The average Bonchev–Trinajstić information content (AvgIpc) is 3.08. The van der Waals surface area contributed by atoms with Crippen LogP contribution in [0.3, 0.4) is 0 Å². The molecule has 1 aliphatic carbocycles. The Morgan fingerprint density at radius 1 is 1.25 bits per heavy atom. The van der Waals surface area contributed by atoms with Crippen molar-refractivity contribution in [3.05, 3.63) is 35.4 Å². The summed E-state index contributed by atoms with van der Waals surface area (Å²) in [4.78, 5) is 14.5. The summed E-state index contributed by atoms with van der Waals surface area (Å²) >= 11 is 0. The van der Waals surface area contributed by atoms with Gasteiger partial charge in [0.05, 0.1) is 5.56 Å². The van der Waals surface area contributed by atoms with Crippen LogP contribution in [-0.4, -0.2) is 29.9 Å². The highest BCUT2D eigenvalue weighted by Gasteiger charge is 2.43. The van der Waals surface area contributed by atoms with Crippen LogP contribution in [0.4, 0.5) is 13.2 Å². The van der Waals surface area contributed by atoms with Gasteiger partial charge in [-0.15, -0.1) is 0 Å². The topological polar surface area (TPSA) is 46.3 Å². The van der Waals surface area contributed by atoms with Crippen molar-refractivity contribution in [2.75, 3.05) is 13.1 Å². The summed E-state index contributed by atoms with van der Waals surface area (Å²) in [5.41, 5.74) is 6.19. The minimum absolute atomic E-state index is 0.0801. The van der Waals surface area contributed by atoms with E-state index in [1.54, 1.807) is 0 Å². The lowest BCUT2D eigenvalue weighted by Crippen LogP contribution is -2.36. The zero-order valence-corrected chi connectivity index (χ0v) is 13.7. The second-order valence-corrected chi connectivity index (χ2v) is 7.21. The molecule has 1 aromatic carbocycles. The first-order valence-electron chi connectivity index (χ1n) is 8.46. The summed E-state index contributed by atoms with van der Waals surface area (Å²) in [5.74, 6) is 0.766. The molecule has 3 nitrogen and oxygen atoms in total. The third-order valence-electron chi connectivity index (χ3n) is 5.47. The predicted octanol–water partition coefficient (Wildman–Crippen LogP) is 3.08. The molecule has 132 valence electrons. The van der Waals surface area contributed by atoms with Crippen molar-refractivity contribution in [1.29, 1.82) is 0 Å². The third-order valence-corrected chi connectivity index (χ3v) is 5.47. The summed E-state index contributed by atoms with van der Waals surface area (Å²) in [7, 11) is 0. The molecular formula is C18H23F3N2O. The molecule has 3 rings (SSSR count). The van der Waals surface area contributed by atoms with Crippen molar-refractivity contribution in [3.8, 4) is 0 Å². The second kappa shape index (κ2) is 6.39. The van der Waals surface area contributed by atoms with E-state index in [1.807, 2.05) is 11.8 Å². The van der Waals surface area contributed by atoms with Crippen LogP contribution < -0.4 is 5.73 Å². The number of carbonyl (C=O) groups excluding carboxylic acids is 1. The highest BCUT2D eigenvalue weighted by molar-refractivity contribution is 5.79. The van der Waals surface area contributed by atoms with Gasteiger partial charge in [-0.2, -0.15) is 13.2 Å². The molecule has 4 atom stereocenters. The number of rotatable bonds is 3. The summed E-state index contributed by atoms with van der Waals surface area (Å²) in [6.45, 7) is 3.34. The van der Waals surface area contributed by atoms with E-state index in [4.69, 9.17) is 5.73 Å². The molecule has 0 bridgehead atoms. The van der Waals surface area contributed by atoms with Crippen LogP contribution in [0.15, 0.2) is 24.3 Å². The van der Waals surface area contributed by atoms with Gasteiger partial charge >= 0.3 is 6.18 Å². The molecular weight excluding hydrogens is 317 g/mol. The van der Waals surface area contributed by atoms with Gasteiger partial charge in [0.15, 0.2) is 0 Å². The van der Waals surface area contributed by atoms with E-state index in [0.29, 0.717) is 18.3 Å². The molecule has 6 heteroatoms. The Morgan fingerprint density at radius 3 is 2.50 bits per heavy atom. The largest absolute Gasteiger partial charge is 0.416 e. The van der Waals surface area contributed by atoms with Gasteiger partial charge in [0.25, 0.3) is 0 Å². The fourth-order valence-corrected chi connectivity index (χ4v) is 4.07. The number of halogens is 3. The average molecular weight is 340 g/mol. The molecule has 4 unspecified atom stereocenters. The number of carbonyl (C=O) groups is 1. The van der Waals surface area contributed by atoms with Crippen LogP contribution in [0.2, 0.25) is 0 Å². The van der Waals surface area contributed by atoms with Crippen molar-refractivity contribution >= 4 is 5.91 Å². The first-order valence-corrected chi connectivity index (χ1v) is 8.46. The molecule has 0 aromatic heterocycles. The number of amides is 1. The van der Waals surface area contributed by atoms with Crippen LogP contribution in [-0.2, 0) is 17.4 Å². The van der Waals surface area contributed by atoms with Crippen LogP contribution in [0, 0.1) is 17.8 Å². The lowest BCUT2D eigenvalue weighted by atomic mass is 9.98. The maximum Gasteiger partial charge on any atom is 0.416 e. The number of fused-ring (bicyclic) bond motifs is 1. The molecule has 2 aliphatic rings. The quantitative estimate of drug-likeness (QED) is 0.919. The van der Waals surface area contributed by atoms with Crippen molar-refractivity contribution in [1.82, 2.24) is 4.90 Å². The number of hydrogen-bond acceptors (Lipinski definition) is 2. The van der Waals surface area contributed by atoms with Crippen molar-refractivity contribution in [2.24, 2.45) is 23.5 Å². The highest BCUT2D eigenvalue weighted by Crippen LogP contribution is 2.37. The van der Waals surface area contributed by atoms with Crippen LogP contribution in [0.5, 0.6) is 0 Å². The molecule has 2 fully saturated rings. The number of likely N-dealkylation sites (tertiary alicyclic amines) is 1. The Balaban J connectivity index is 1.59. The standard InChI is InChI=1S/C18H23F3N2O/c1-11(8-12-2-5-14(6-3-12)18(19,20)21)17(24)23-9-13-4-7-16(22)15(13)10-23/h2-3,5-6,11,13,15-16H,4,7-10,22H2,1H3. The Kier molecular flexibility index (Phi) is 4.60. The number of nitrogens with zero attached hydrogens (tertiary/aromatic N) is 1. The fourth-order valence-electron chi connectivity index (χ4n) is 4.07. The van der Waals surface area contributed by atoms with Gasteiger partial charge < -0.3 is 10.6 Å². The SMILES string of the molecule is CC(Cc1ccc(C(F)(F)F)cc1)C(=O)N1CC2CCC(N)C2C1. The van der Waals surface area contributed by atoms with E-state index < -0.39 is 11.7 Å². The van der Waals surface area contributed by atoms with Gasteiger partial charge in [0, 0.05) is 25.0 Å². The predicted molar refractivity (Wildman–Crippen MR) is 85.1 cm³/mol. The molecule has 1 saturated carbocycles. The van der Waals surface area contributed by atoms with Crippen molar-refractivity contribution in [3.63, 3.8) is 0 Å². The van der Waals surface area contributed by atoms with E-state index in [9.17, 15) is 18.0 Å². The smallest absolute Gasteiger partial charge is 0.342 e. The van der Waals surface area contributed by atoms with Crippen LogP contribution in [0.25, 0.3) is 0 Å². The van der Waals surface area contributed by atoms with Crippen molar-refractivity contribution < 1.29 is 18.0 Å². The molecule has 1 aliphatic heterocycles. The Morgan fingerprint density at radius 2 is 1.92 bits per heavy atom. The number of hydrogen-bond donors (Lipinski definition) is 1. The zero-order valence-electron chi connectivity index (χ0n) is 13.7. The molecule has 0 spiro atoms. The maximum atomic E-state index is 12.6. The lowest BCUT2D eigenvalue weighted by Gasteiger charge is -2.22. The monoisotopic (exact) mass is 340 g/mol. The van der Waals surface area contributed by atoms with E-state index >= 15 is 0 Å². The molecule has 2 N–H and O–H groups in total. The first-order chi connectivity index (χ1) is 11.3. The molecule has 1 saturated heterocycles. The molecule has 1 heterocycles. The summed E-state index contributed by atoms with van der Waals surface area (Å²) < 4.78 is 37.8. The normalized spacial score (nSPS) is 28.0. The fraction of sp³-hybridized carbons (Fsp3) is 0.611. The number of nitrogens with two attached hydrogens (primary N) is 1. The van der Waals surface area contributed by atoms with Gasteiger partial charge in [-0.05, 0) is 48.8 Å². The van der Waals surface area contributed by atoms with Gasteiger partial charge in [-0.3, -0.25) is 4.79 Å². The summed E-state index contributed by atoms with van der Waals surface area (Å²) in [6, 6.07) is 5.26. The van der Waals surface area contributed by atoms with Gasteiger partial charge in [-0.25, -0.2) is 0 Å². The molecule has 24 heavy (non-hydrogen) atoms. The Bertz CT molecular complexity index is 599. The molecule has 0 radical (unpaired) electrons. The molecule has 1 amide bonds. The van der Waals surface area contributed by atoms with Crippen LogP contribution >= 0.6 is 0 Å². The van der Waals surface area contributed by atoms with Gasteiger partial charge in [0.1, 0.15) is 0 Å². The second-order valence-electron chi connectivity index (χ2n) is 7.21. The number of alkyl halides is 3. The van der Waals surface area contributed by atoms with E-state index in [1.165, 1.54) is 12.1 Å². The molecule has 1 aromatic rings. The van der Waals surface area contributed by atoms with E-state index in [0.717, 1.165) is 43.6 Å². The summed E-state index contributed by atoms with van der Waals surface area (Å²) in [6.07, 6.45) is -1.75. The summed E-state index contributed by atoms with van der Waals surface area (Å²) in [5, 5.41) is 0. The minimum Gasteiger partial charge on any atom is -0.342 e. The Labute approximate surface area is 140 Å². The van der Waals surface area contributed by atoms with E-state index in [2.05, 4.69) is 0 Å². The van der Waals surface area contributed by atoms with Crippen LogP contribution in [0.1, 0.15) is 30.9 Å². The number of benzene rings is 1. The highest BCUT2D eigenvalue weighted by atomic mass is 19.4. The van der Waals surface area contributed by atoms with Crippen molar-refractivity contribution in [2.45, 2.75) is 38.4 Å². The van der Waals surface area contributed by atoms with E-state index in [-0.39, 0.29) is 17.9 Å². The Hall–Kier alpha value is -1.56.